The molecule has 0 atom stereocenters. The van der Waals surface area contributed by atoms with Gasteiger partial charge in [-0.25, -0.2) is 4.39 Å². The average molecular weight is 536 g/mol. The van der Waals surface area contributed by atoms with Crippen LogP contribution in [-0.2, 0) is 0 Å². The Kier molecular flexibility index (Phi) is 7.75. The highest BCUT2D eigenvalue weighted by molar-refractivity contribution is 14.1. The summed E-state index contributed by atoms with van der Waals surface area (Å²) in [6, 6.07) is 12.7. The quantitative estimate of drug-likeness (QED) is 0.257. The molecule has 2 aromatic rings. The fraction of sp³-hybridized carbons (Fsp3) is 0.278. The first-order valence-electron chi connectivity index (χ1n) is 7.41. The summed E-state index contributed by atoms with van der Waals surface area (Å²) in [6.07, 6.45) is 1.84. The number of benzene rings is 2. The van der Waals surface area contributed by atoms with Gasteiger partial charge in [0.2, 0.25) is 0 Å². The fourth-order valence-corrected chi connectivity index (χ4v) is 3.41. The molecule has 0 spiro atoms. The van der Waals surface area contributed by atoms with Crippen LogP contribution >= 0.6 is 45.2 Å². The molecular weight excluding hydrogens is 517 g/mol. The van der Waals surface area contributed by atoms with E-state index in [1.54, 1.807) is 12.1 Å². The van der Waals surface area contributed by atoms with Crippen molar-refractivity contribution in [1.82, 2.24) is 0 Å². The molecule has 0 saturated carbocycles. The maximum absolute atomic E-state index is 12.9. The van der Waals surface area contributed by atoms with Crippen molar-refractivity contribution >= 4 is 62.8 Å². The first-order chi connectivity index (χ1) is 11.1. The van der Waals surface area contributed by atoms with Crippen LogP contribution in [0, 0.1) is 12.7 Å². The molecule has 0 bridgehead atoms. The molecule has 0 unspecified atom stereocenters. The zero-order valence-electron chi connectivity index (χ0n) is 13.0. The van der Waals surface area contributed by atoms with E-state index < -0.39 is 0 Å². The van der Waals surface area contributed by atoms with E-state index in [-0.39, 0.29) is 5.82 Å². The lowest BCUT2D eigenvalue weighted by Gasteiger charge is -2.23. The Bertz CT molecular complexity index is 651. The molecule has 0 N–H and O–H groups in total. The van der Waals surface area contributed by atoms with Gasteiger partial charge in [-0.05, 0) is 54.4 Å². The number of rotatable bonds is 7. The molecule has 0 radical (unpaired) electrons. The number of aliphatic imine (C=N–C) groups is 1. The lowest BCUT2D eigenvalue weighted by Crippen LogP contribution is -2.27. The van der Waals surface area contributed by atoms with E-state index in [0.717, 1.165) is 33.2 Å². The summed E-state index contributed by atoms with van der Waals surface area (Å²) in [7, 11) is 0. The van der Waals surface area contributed by atoms with Gasteiger partial charge in [-0.15, -0.1) is 0 Å². The second-order valence-electron chi connectivity index (χ2n) is 5.14. The largest absolute Gasteiger partial charge is 0.370 e. The van der Waals surface area contributed by atoms with Crippen LogP contribution in [0.2, 0.25) is 0 Å². The van der Waals surface area contributed by atoms with Crippen LogP contribution in [0.1, 0.15) is 11.1 Å². The number of aryl methyl sites for hydroxylation is 1. The van der Waals surface area contributed by atoms with E-state index in [9.17, 15) is 4.39 Å². The summed E-state index contributed by atoms with van der Waals surface area (Å²) < 4.78 is 15.1. The maximum Gasteiger partial charge on any atom is 0.123 e. The van der Waals surface area contributed by atoms with Crippen LogP contribution in [0.5, 0.6) is 0 Å². The van der Waals surface area contributed by atoms with Crippen molar-refractivity contribution in [3.8, 4) is 0 Å². The first-order valence-corrected chi connectivity index (χ1v) is 10.5. The van der Waals surface area contributed by atoms with Crippen molar-refractivity contribution in [3.05, 3.63) is 59.4 Å². The normalized spacial score (nSPS) is 11.1. The number of halogens is 3. The van der Waals surface area contributed by atoms with Crippen LogP contribution in [-0.4, -0.2) is 28.2 Å². The lowest BCUT2D eigenvalue weighted by atomic mass is 10.1. The van der Waals surface area contributed by atoms with Gasteiger partial charge in [0, 0.05) is 33.8 Å². The molecule has 23 heavy (non-hydrogen) atoms. The number of anilines is 1. The molecule has 122 valence electrons. The Morgan fingerprint density at radius 2 is 1.70 bits per heavy atom. The molecule has 2 rings (SSSR count). The van der Waals surface area contributed by atoms with Crippen LogP contribution < -0.4 is 4.90 Å². The number of alkyl halides is 2. The third-order valence-electron chi connectivity index (χ3n) is 3.51. The lowest BCUT2D eigenvalue weighted by molar-refractivity contribution is 0.628. The highest BCUT2D eigenvalue weighted by Crippen LogP contribution is 2.20. The van der Waals surface area contributed by atoms with Crippen molar-refractivity contribution < 1.29 is 4.39 Å². The third kappa shape index (κ3) is 5.70. The molecule has 0 heterocycles. The summed E-state index contributed by atoms with van der Waals surface area (Å²) in [5, 5.41) is 0. The van der Waals surface area contributed by atoms with Crippen molar-refractivity contribution in [1.29, 1.82) is 0 Å². The molecule has 0 aromatic heterocycles. The van der Waals surface area contributed by atoms with E-state index >= 15 is 0 Å². The van der Waals surface area contributed by atoms with Crippen molar-refractivity contribution in [2.75, 3.05) is 26.8 Å². The molecule has 0 aliphatic carbocycles. The van der Waals surface area contributed by atoms with Crippen molar-refractivity contribution in [2.24, 2.45) is 4.99 Å². The van der Waals surface area contributed by atoms with E-state index in [1.165, 1.54) is 23.4 Å². The summed E-state index contributed by atoms with van der Waals surface area (Å²) in [6.45, 7) is 4.22. The Labute approximate surface area is 164 Å². The summed E-state index contributed by atoms with van der Waals surface area (Å²) in [5.41, 5.74) is 4.29. The molecule has 5 heteroatoms. The topological polar surface area (TPSA) is 15.6 Å². The predicted molar refractivity (Wildman–Crippen MR) is 115 cm³/mol. The van der Waals surface area contributed by atoms with Crippen LogP contribution in [0.15, 0.2) is 47.5 Å². The summed E-state index contributed by atoms with van der Waals surface area (Å²) in [5.74, 6) is -0.241. The smallest absolute Gasteiger partial charge is 0.123 e. The molecule has 0 saturated heterocycles. The number of hydrogen-bond donors (Lipinski definition) is 0. The van der Waals surface area contributed by atoms with Gasteiger partial charge >= 0.3 is 0 Å². The minimum Gasteiger partial charge on any atom is -0.370 e. The molecule has 0 amide bonds. The maximum atomic E-state index is 12.9. The average Bonchev–Trinajstić information content (AvgIpc) is 2.55. The molecule has 0 aliphatic rings. The van der Waals surface area contributed by atoms with Gasteiger partial charge in [-0.3, -0.25) is 4.99 Å². The zero-order valence-corrected chi connectivity index (χ0v) is 17.3. The van der Waals surface area contributed by atoms with Gasteiger partial charge < -0.3 is 4.90 Å². The Morgan fingerprint density at radius 1 is 1.04 bits per heavy atom. The highest BCUT2D eigenvalue weighted by Gasteiger charge is 2.06. The zero-order chi connectivity index (χ0) is 16.7. The predicted octanol–water partition coefficient (Wildman–Crippen LogP) is 5.56. The SMILES string of the molecule is Cc1cc(N(CCI)CCI)ccc1C=Nc1ccc(F)cc1. The van der Waals surface area contributed by atoms with Gasteiger partial charge in [0.1, 0.15) is 5.82 Å². The third-order valence-corrected chi connectivity index (χ3v) is 4.47. The number of hydrogen-bond acceptors (Lipinski definition) is 2. The minimum atomic E-state index is -0.241. The van der Waals surface area contributed by atoms with Gasteiger partial charge in [0.05, 0.1) is 5.69 Å². The van der Waals surface area contributed by atoms with Crippen LogP contribution in [0.25, 0.3) is 0 Å². The molecular formula is C18H19FI2N2. The first kappa shape index (κ1) is 18.6. The van der Waals surface area contributed by atoms with E-state index in [0.29, 0.717) is 0 Å². The summed E-state index contributed by atoms with van der Waals surface area (Å²) in [4.78, 5) is 6.83. The van der Waals surface area contributed by atoms with Crippen molar-refractivity contribution in [3.63, 3.8) is 0 Å². The summed E-state index contributed by atoms with van der Waals surface area (Å²) >= 11 is 4.83. The second kappa shape index (κ2) is 9.56. The molecule has 2 aromatic carbocycles. The fourth-order valence-electron chi connectivity index (χ4n) is 2.25. The molecule has 0 fully saturated rings. The van der Waals surface area contributed by atoms with Crippen molar-refractivity contribution in [2.45, 2.75) is 6.92 Å². The number of nitrogens with zero attached hydrogens (tertiary/aromatic N) is 2. The Morgan fingerprint density at radius 3 is 2.26 bits per heavy atom. The van der Waals surface area contributed by atoms with Gasteiger partial charge in [0.25, 0.3) is 0 Å². The van der Waals surface area contributed by atoms with Gasteiger partial charge in [-0.2, -0.15) is 0 Å². The van der Waals surface area contributed by atoms with Gasteiger partial charge in [0.15, 0.2) is 0 Å². The Hall–Kier alpha value is -0.700. The Balaban J connectivity index is 2.16. The second-order valence-corrected chi connectivity index (χ2v) is 7.30. The van der Waals surface area contributed by atoms with Crippen LogP contribution in [0.3, 0.4) is 0 Å². The minimum absolute atomic E-state index is 0.241. The molecule has 0 aliphatic heterocycles. The van der Waals surface area contributed by atoms with E-state index in [2.05, 4.69) is 80.2 Å². The van der Waals surface area contributed by atoms with Gasteiger partial charge in [-0.1, -0.05) is 51.2 Å². The van der Waals surface area contributed by atoms with E-state index in [4.69, 9.17) is 0 Å². The monoisotopic (exact) mass is 536 g/mol. The van der Waals surface area contributed by atoms with E-state index in [1.807, 2.05) is 6.21 Å². The standard InChI is InChI=1S/C18H19FI2N2/c1-14-12-18(23(10-8-20)11-9-21)7-2-15(14)13-22-17-5-3-16(19)4-6-17/h2-7,12-13H,8-11H2,1H3. The molecule has 2 nitrogen and oxygen atoms in total. The van der Waals surface area contributed by atoms with Crippen LogP contribution in [0.4, 0.5) is 15.8 Å². The highest BCUT2D eigenvalue weighted by atomic mass is 127.